The van der Waals surface area contributed by atoms with E-state index in [0.29, 0.717) is 6.54 Å². The first-order chi connectivity index (χ1) is 6.47. The molecule has 80 valence electrons. The van der Waals surface area contributed by atoms with Gasteiger partial charge in [-0.2, -0.15) is 0 Å². The van der Waals surface area contributed by atoms with E-state index in [1.807, 2.05) is 13.8 Å². The molecule has 0 aromatic heterocycles. The van der Waals surface area contributed by atoms with Crippen molar-refractivity contribution in [3.63, 3.8) is 0 Å². The van der Waals surface area contributed by atoms with Gasteiger partial charge in [0, 0.05) is 12.6 Å². The fraction of sp³-hybridized carbons (Fsp3) is 0.556. The molecule has 3 N–H and O–H groups in total. The number of aliphatic carboxylic acids is 1. The maximum Gasteiger partial charge on any atom is 0.330 e. The molecule has 0 aliphatic carbocycles. The van der Waals surface area contributed by atoms with Gasteiger partial charge in [0.2, 0.25) is 0 Å². The van der Waals surface area contributed by atoms with Crippen molar-refractivity contribution in [3.8, 4) is 0 Å². The summed E-state index contributed by atoms with van der Waals surface area (Å²) < 4.78 is 0. The molecule has 5 heteroatoms. The first-order valence-corrected chi connectivity index (χ1v) is 4.46. The van der Waals surface area contributed by atoms with E-state index in [1.54, 1.807) is 6.92 Å². The average Bonchev–Trinajstić information content (AvgIpc) is 2.01. The van der Waals surface area contributed by atoms with E-state index >= 15 is 0 Å². The van der Waals surface area contributed by atoms with Gasteiger partial charge in [-0.1, -0.05) is 0 Å². The van der Waals surface area contributed by atoms with E-state index < -0.39 is 11.9 Å². The highest BCUT2D eigenvalue weighted by molar-refractivity contribution is 5.98. The van der Waals surface area contributed by atoms with Gasteiger partial charge in [0.05, 0.1) is 6.08 Å². The number of nitrogens with one attached hydrogen (secondary N) is 2. The van der Waals surface area contributed by atoms with Gasteiger partial charge in [0.25, 0.3) is 5.91 Å². The molecular formula is C9H16N2O3. The Morgan fingerprint density at radius 2 is 2.00 bits per heavy atom. The van der Waals surface area contributed by atoms with Crippen LogP contribution >= 0.6 is 0 Å². The van der Waals surface area contributed by atoms with Crippen LogP contribution in [0.25, 0.3) is 0 Å². The summed E-state index contributed by atoms with van der Waals surface area (Å²) in [5, 5.41) is 13.8. The quantitative estimate of drug-likeness (QED) is 0.549. The molecule has 0 radical (unpaired) electrons. The summed E-state index contributed by atoms with van der Waals surface area (Å²) in [5.41, 5.74) is 0.0781. The van der Waals surface area contributed by atoms with Crippen molar-refractivity contribution in [2.75, 3.05) is 6.54 Å². The molecule has 5 nitrogen and oxygen atoms in total. The van der Waals surface area contributed by atoms with Crippen LogP contribution < -0.4 is 10.6 Å². The van der Waals surface area contributed by atoms with Crippen LogP contribution in [0.4, 0.5) is 0 Å². The number of carboxylic acid groups (broad SMARTS) is 1. The second-order valence-corrected chi connectivity index (χ2v) is 3.05. The van der Waals surface area contributed by atoms with Gasteiger partial charge in [-0.15, -0.1) is 0 Å². The van der Waals surface area contributed by atoms with Crippen LogP contribution in [0.15, 0.2) is 11.8 Å². The molecule has 0 saturated carbocycles. The summed E-state index contributed by atoms with van der Waals surface area (Å²) in [5.74, 6) is -1.54. The zero-order valence-electron chi connectivity index (χ0n) is 8.63. The fourth-order valence-corrected chi connectivity index (χ4v) is 0.863. The van der Waals surface area contributed by atoms with Crippen molar-refractivity contribution in [1.29, 1.82) is 0 Å². The van der Waals surface area contributed by atoms with Gasteiger partial charge in [-0.05, 0) is 20.8 Å². The highest BCUT2D eigenvalue weighted by atomic mass is 16.4. The zero-order valence-corrected chi connectivity index (χ0v) is 8.63. The molecule has 0 aromatic carbocycles. The Kier molecular flexibility index (Phi) is 5.36. The second kappa shape index (κ2) is 6.01. The fourth-order valence-electron chi connectivity index (χ4n) is 0.863. The first-order valence-electron chi connectivity index (χ1n) is 4.46. The number of rotatable bonds is 5. The summed E-state index contributed by atoms with van der Waals surface area (Å²) in [6.07, 6.45) is 0.866. The van der Waals surface area contributed by atoms with Crippen molar-refractivity contribution < 1.29 is 14.7 Å². The summed E-state index contributed by atoms with van der Waals surface area (Å²) in [6, 6.07) is 0.0169. The number of hydrogen-bond acceptors (Lipinski definition) is 3. The van der Waals surface area contributed by atoms with E-state index in [4.69, 9.17) is 5.11 Å². The van der Waals surface area contributed by atoms with Crippen LogP contribution in [0.3, 0.4) is 0 Å². The molecule has 0 fully saturated rings. The highest BCUT2D eigenvalue weighted by Gasteiger charge is 2.10. The lowest BCUT2D eigenvalue weighted by Gasteiger charge is -2.12. The van der Waals surface area contributed by atoms with Gasteiger partial charge in [0.1, 0.15) is 5.70 Å². The molecule has 0 bridgehead atoms. The molecular weight excluding hydrogens is 184 g/mol. The lowest BCUT2D eigenvalue weighted by molar-refractivity contribution is -0.132. The molecule has 0 aliphatic rings. The Morgan fingerprint density at radius 1 is 1.43 bits per heavy atom. The number of carboxylic acids is 1. The SMILES string of the molecule is CCNC(=O)/C(=C\C(=O)O)NC(C)C. The second-order valence-electron chi connectivity index (χ2n) is 3.05. The van der Waals surface area contributed by atoms with Crippen LogP contribution in [0, 0.1) is 0 Å². The maximum atomic E-state index is 11.3. The third-order valence-electron chi connectivity index (χ3n) is 1.29. The minimum Gasteiger partial charge on any atom is -0.478 e. The van der Waals surface area contributed by atoms with Crippen LogP contribution in [-0.2, 0) is 9.59 Å². The predicted molar refractivity (Wildman–Crippen MR) is 52.7 cm³/mol. The zero-order chi connectivity index (χ0) is 11.1. The molecule has 14 heavy (non-hydrogen) atoms. The number of amides is 1. The molecule has 1 amide bonds. The normalized spacial score (nSPS) is 11.3. The van der Waals surface area contributed by atoms with Gasteiger partial charge < -0.3 is 15.7 Å². The number of likely N-dealkylation sites (N-methyl/N-ethyl adjacent to an activating group) is 1. The minimum absolute atomic E-state index is 0.0169. The van der Waals surface area contributed by atoms with Crippen molar-refractivity contribution in [3.05, 3.63) is 11.8 Å². The van der Waals surface area contributed by atoms with Crippen molar-refractivity contribution in [2.24, 2.45) is 0 Å². The third kappa shape index (κ3) is 5.18. The summed E-state index contributed by atoms with van der Waals surface area (Å²) in [7, 11) is 0. The van der Waals surface area contributed by atoms with Crippen molar-refractivity contribution in [1.82, 2.24) is 10.6 Å². The van der Waals surface area contributed by atoms with Gasteiger partial charge >= 0.3 is 5.97 Å². The van der Waals surface area contributed by atoms with E-state index in [2.05, 4.69) is 10.6 Å². The Morgan fingerprint density at radius 3 is 2.36 bits per heavy atom. The summed E-state index contributed by atoms with van der Waals surface area (Å²) in [4.78, 5) is 21.7. The van der Waals surface area contributed by atoms with Crippen LogP contribution in [0.5, 0.6) is 0 Å². The van der Waals surface area contributed by atoms with Gasteiger partial charge in [0.15, 0.2) is 0 Å². The van der Waals surface area contributed by atoms with Gasteiger partial charge in [-0.3, -0.25) is 4.79 Å². The van der Waals surface area contributed by atoms with Crippen molar-refractivity contribution in [2.45, 2.75) is 26.8 Å². The van der Waals surface area contributed by atoms with Gasteiger partial charge in [-0.25, -0.2) is 4.79 Å². The maximum absolute atomic E-state index is 11.3. The van der Waals surface area contributed by atoms with Crippen molar-refractivity contribution >= 4 is 11.9 Å². The van der Waals surface area contributed by atoms with Crippen LogP contribution in [0.2, 0.25) is 0 Å². The Labute approximate surface area is 83.2 Å². The number of hydrogen-bond donors (Lipinski definition) is 3. The van der Waals surface area contributed by atoms with E-state index in [-0.39, 0.29) is 11.7 Å². The topological polar surface area (TPSA) is 78.4 Å². The standard InChI is InChI=1S/C9H16N2O3/c1-4-10-9(14)7(5-8(12)13)11-6(2)3/h5-6,11H,4H2,1-3H3,(H,10,14)(H,12,13)/b7-5+. The van der Waals surface area contributed by atoms with E-state index in [0.717, 1.165) is 6.08 Å². The minimum atomic E-state index is -1.14. The molecule has 0 spiro atoms. The molecule has 0 aromatic rings. The monoisotopic (exact) mass is 200 g/mol. The largest absolute Gasteiger partial charge is 0.478 e. The van der Waals surface area contributed by atoms with Crippen LogP contribution in [-0.4, -0.2) is 29.6 Å². The smallest absolute Gasteiger partial charge is 0.330 e. The number of carbonyl (C=O) groups is 2. The molecule has 0 atom stereocenters. The lowest BCUT2D eigenvalue weighted by Crippen LogP contribution is -2.35. The van der Waals surface area contributed by atoms with E-state index in [9.17, 15) is 9.59 Å². The number of carbonyl (C=O) groups excluding carboxylic acids is 1. The molecule has 0 saturated heterocycles. The average molecular weight is 200 g/mol. The Bertz CT molecular complexity index is 246. The molecule has 0 heterocycles. The predicted octanol–water partition coefficient (Wildman–Crippen LogP) is 0.0890. The summed E-state index contributed by atoms with van der Waals surface area (Å²) in [6.45, 7) is 5.89. The van der Waals surface area contributed by atoms with E-state index in [1.165, 1.54) is 0 Å². The highest BCUT2D eigenvalue weighted by Crippen LogP contribution is 1.92. The summed E-state index contributed by atoms with van der Waals surface area (Å²) >= 11 is 0. The third-order valence-corrected chi connectivity index (χ3v) is 1.29. The van der Waals surface area contributed by atoms with Crippen LogP contribution in [0.1, 0.15) is 20.8 Å². The molecule has 0 rings (SSSR count). The Hall–Kier alpha value is -1.52. The Balaban J connectivity index is 4.55. The lowest BCUT2D eigenvalue weighted by atomic mass is 10.3. The molecule has 0 unspecified atom stereocenters. The molecule has 0 aliphatic heterocycles. The first kappa shape index (κ1) is 12.5.